The van der Waals surface area contributed by atoms with Crippen LogP contribution in [0, 0.1) is 0 Å². The van der Waals surface area contributed by atoms with E-state index in [1.165, 1.54) is 12.8 Å². The van der Waals surface area contributed by atoms with E-state index in [2.05, 4.69) is 11.8 Å². The van der Waals surface area contributed by atoms with Gasteiger partial charge in [-0.2, -0.15) is 0 Å². The number of rotatable bonds is 5. The normalized spacial score (nSPS) is 23.6. The number of fused-ring (bicyclic) bond motifs is 1. The standard InChI is InChI=1S/C16H20FNO2/c1-2-3-4-8-18-9-7-16(17,11-18)13-5-6-14-15(10-13)20-12-19-14/h5-7,9-10H,2-4,8,11-12H2,1H3. The number of hydrogen-bond acceptors (Lipinski definition) is 3. The van der Waals surface area contributed by atoms with Gasteiger partial charge in [-0.3, -0.25) is 0 Å². The zero-order valence-electron chi connectivity index (χ0n) is 11.8. The van der Waals surface area contributed by atoms with Gasteiger partial charge in [0.25, 0.3) is 0 Å². The van der Waals surface area contributed by atoms with Crippen molar-refractivity contribution in [2.45, 2.75) is 31.9 Å². The van der Waals surface area contributed by atoms with Gasteiger partial charge in [0.15, 0.2) is 17.2 Å². The third-order valence-corrected chi connectivity index (χ3v) is 3.88. The van der Waals surface area contributed by atoms with Crippen LogP contribution in [0.5, 0.6) is 11.5 Å². The Hall–Kier alpha value is -1.71. The first-order valence-corrected chi connectivity index (χ1v) is 7.24. The average molecular weight is 277 g/mol. The van der Waals surface area contributed by atoms with E-state index in [1.54, 1.807) is 24.3 Å². The molecule has 4 heteroatoms. The minimum atomic E-state index is -1.42. The van der Waals surface area contributed by atoms with Crippen LogP contribution < -0.4 is 9.47 Å². The van der Waals surface area contributed by atoms with Gasteiger partial charge in [-0.1, -0.05) is 25.8 Å². The van der Waals surface area contributed by atoms with Crippen molar-refractivity contribution >= 4 is 0 Å². The minimum Gasteiger partial charge on any atom is -0.454 e. The molecule has 0 saturated heterocycles. The van der Waals surface area contributed by atoms with Crippen molar-refractivity contribution in [3.05, 3.63) is 36.0 Å². The van der Waals surface area contributed by atoms with Gasteiger partial charge < -0.3 is 14.4 Å². The van der Waals surface area contributed by atoms with Gasteiger partial charge in [-0.25, -0.2) is 4.39 Å². The Morgan fingerprint density at radius 2 is 2.10 bits per heavy atom. The quantitative estimate of drug-likeness (QED) is 0.768. The molecule has 3 nitrogen and oxygen atoms in total. The molecule has 0 aliphatic carbocycles. The van der Waals surface area contributed by atoms with Crippen LogP contribution in [0.2, 0.25) is 0 Å². The van der Waals surface area contributed by atoms with Crippen LogP contribution in [0.15, 0.2) is 30.5 Å². The molecule has 0 N–H and O–H groups in total. The van der Waals surface area contributed by atoms with Crippen molar-refractivity contribution in [2.75, 3.05) is 19.9 Å². The number of ether oxygens (including phenoxy) is 2. The van der Waals surface area contributed by atoms with Gasteiger partial charge in [-0.05, 0) is 36.4 Å². The molecule has 0 radical (unpaired) electrons. The van der Waals surface area contributed by atoms with Crippen molar-refractivity contribution < 1.29 is 13.9 Å². The van der Waals surface area contributed by atoms with Crippen LogP contribution in [0.1, 0.15) is 31.7 Å². The van der Waals surface area contributed by atoms with Crippen LogP contribution in [-0.2, 0) is 5.67 Å². The molecule has 3 rings (SSSR count). The molecule has 1 aromatic rings. The number of alkyl halides is 1. The molecule has 2 aliphatic heterocycles. The Kier molecular flexibility index (Phi) is 3.55. The van der Waals surface area contributed by atoms with Crippen molar-refractivity contribution in [1.82, 2.24) is 4.90 Å². The van der Waals surface area contributed by atoms with E-state index in [1.807, 2.05) is 6.20 Å². The lowest BCUT2D eigenvalue weighted by Gasteiger charge is -2.23. The highest BCUT2D eigenvalue weighted by molar-refractivity contribution is 5.47. The first-order valence-electron chi connectivity index (χ1n) is 7.24. The number of unbranched alkanes of at least 4 members (excludes halogenated alkanes) is 2. The van der Waals surface area contributed by atoms with Gasteiger partial charge in [0.2, 0.25) is 6.79 Å². The number of halogens is 1. The van der Waals surface area contributed by atoms with E-state index in [4.69, 9.17) is 9.47 Å². The Bertz CT molecular complexity index is 517. The van der Waals surface area contributed by atoms with E-state index < -0.39 is 5.67 Å². The Labute approximate surface area is 119 Å². The maximum absolute atomic E-state index is 15.0. The minimum absolute atomic E-state index is 0.219. The van der Waals surface area contributed by atoms with Crippen LogP contribution in [0.4, 0.5) is 4.39 Å². The second kappa shape index (κ2) is 5.35. The number of nitrogens with zero attached hydrogens (tertiary/aromatic N) is 1. The van der Waals surface area contributed by atoms with E-state index in [-0.39, 0.29) is 6.79 Å². The summed E-state index contributed by atoms with van der Waals surface area (Å²) in [4.78, 5) is 2.06. The summed E-state index contributed by atoms with van der Waals surface area (Å²) in [5, 5.41) is 0. The van der Waals surface area contributed by atoms with Crippen molar-refractivity contribution in [3.63, 3.8) is 0 Å². The first-order chi connectivity index (χ1) is 9.71. The summed E-state index contributed by atoms with van der Waals surface area (Å²) in [5.74, 6) is 1.33. The van der Waals surface area contributed by atoms with Gasteiger partial charge >= 0.3 is 0 Å². The second-order valence-electron chi connectivity index (χ2n) is 5.42. The summed E-state index contributed by atoms with van der Waals surface area (Å²) in [6.45, 7) is 3.69. The Morgan fingerprint density at radius 1 is 1.25 bits per heavy atom. The molecule has 0 fully saturated rings. The molecule has 2 aliphatic rings. The van der Waals surface area contributed by atoms with E-state index in [0.29, 0.717) is 23.6 Å². The summed E-state index contributed by atoms with van der Waals surface area (Å²) in [5.41, 5.74) is -0.788. The number of benzene rings is 1. The molecule has 0 bridgehead atoms. The molecule has 1 atom stereocenters. The summed E-state index contributed by atoms with van der Waals surface area (Å²) in [6.07, 6.45) is 7.00. The van der Waals surface area contributed by atoms with Gasteiger partial charge in [-0.15, -0.1) is 0 Å². The lowest BCUT2D eigenvalue weighted by atomic mass is 9.96. The average Bonchev–Trinajstić information content (AvgIpc) is 3.06. The van der Waals surface area contributed by atoms with Gasteiger partial charge in [0, 0.05) is 6.54 Å². The highest BCUT2D eigenvalue weighted by atomic mass is 19.1. The van der Waals surface area contributed by atoms with Crippen LogP contribution in [-0.4, -0.2) is 24.8 Å². The SMILES string of the molecule is CCCCCN1C=CC(F)(c2ccc3c(c2)OCO3)C1. The van der Waals surface area contributed by atoms with Crippen LogP contribution in [0.25, 0.3) is 0 Å². The monoisotopic (exact) mass is 277 g/mol. The highest BCUT2D eigenvalue weighted by Gasteiger charge is 2.36. The molecule has 20 heavy (non-hydrogen) atoms. The fourth-order valence-electron chi connectivity index (χ4n) is 2.69. The fraction of sp³-hybridized carbons (Fsp3) is 0.500. The first kappa shape index (κ1) is 13.3. The molecule has 0 spiro atoms. The van der Waals surface area contributed by atoms with E-state index in [9.17, 15) is 0 Å². The van der Waals surface area contributed by atoms with Crippen LogP contribution in [0.3, 0.4) is 0 Å². The molecule has 108 valence electrons. The van der Waals surface area contributed by atoms with E-state index >= 15 is 4.39 Å². The lowest BCUT2D eigenvalue weighted by molar-refractivity contribution is 0.173. The topological polar surface area (TPSA) is 21.7 Å². The molecule has 2 heterocycles. The van der Waals surface area contributed by atoms with Gasteiger partial charge in [0.1, 0.15) is 0 Å². The highest BCUT2D eigenvalue weighted by Crippen LogP contribution is 2.40. The summed E-state index contributed by atoms with van der Waals surface area (Å²) in [7, 11) is 0. The summed E-state index contributed by atoms with van der Waals surface area (Å²) in [6, 6.07) is 5.32. The predicted molar refractivity (Wildman–Crippen MR) is 75.6 cm³/mol. The van der Waals surface area contributed by atoms with Crippen LogP contribution >= 0.6 is 0 Å². The molecule has 0 saturated carbocycles. The molecular formula is C16H20FNO2. The number of hydrogen-bond donors (Lipinski definition) is 0. The molecular weight excluding hydrogens is 257 g/mol. The molecule has 0 amide bonds. The van der Waals surface area contributed by atoms with Crippen molar-refractivity contribution in [1.29, 1.82) is 0 Å². The second-order valence-corrected chi connectivity index (χ2v) is 5.42. The largest absolute Gasteiger partial charge is 0.454 e. The zero-order chi connectivity index (χ0) is 14.0. The molecule has 1 aromatic carbocycles. The summed E-state index contributed by atoms with van der Waals surface area (Å²) >= 11 is 0. The molecule has 0 aromatic heterocycles. The van der Waals surface area contributed by atoms with E-state index in [0.717, 1.165) is 13.0 Å². The third-order valence-electron chi connectivity index (χ3n) is 3.88. The Balaban J connectivity index is 1.69. The third kappa shape index (κ3) is 2.47. The maximum atomic E-state index is 15.0. The Morgan fingerprint density at radius 3 is 2.95 bits per heavy atom. The smallest absolute Gasteiger partial charge is 0.231 e. The summed E-state index contributed by atoms with van der Waals surface area (Å²) < 4.78 is 25.6. The van der Waals surface area contributed by atoms with Gasteiger partial charge in [0.05, 0.1) is 6.54 Å². The zero-order valence-corrected chi connectivity index (χ0v) is 11.8. The molecule has 1 unspecified atom stereocenters. The predicted octanol–water partition coefficient (Wildman–Crippen LogP) is 3.60. The lowest BCUT2D eigenvalue weighted by Crippen LogP contribution is -2.28. The van der Waals surface area contributed by atoms with Crippen molar-refractivity contribution in [2.24, 2.45) is 0 Å². The maximum Gasteiger partial charge on any atom is 0.231 e. The van der Waals surface area contributed by atoms with Crippen molar-refractivity contribution in [3.8, 4) is 11.5 Å². The fourth-order valence-corrected chi connectivity index (χ4v) is 2.69.